The summed E-state index contributed by atoms with van der Waals surface area (Å²) in [5, 5.41) is 14.6. The molecule has 0 atom stereocenters. The summed E-state index contributed by atoms with van der Waals surface area (Å²) in [7, 11) is 0. The first-order valence-electron chi connectivity index (χ1n) is 5.77. The van der Waals surface area contributed by atoms with Crippen LogP contribution in [0.4, 0.5) is 4.39 Å². The van der Waals surface area contributed by atoms with E-state index in [0.717, 1.165) is 6.07 Å². The van der Waals surface area contributed by atoms with Gasteiger partial charge < -0.3 is 14.9 Å². The number of amides is 1. The van der Waals surface area contributed by atoms with Gasteiger partial charge in [0.2, 0.25) is 0 Å². The first-order valence-corrected chi connectivity index (χ1v) is 5.77. The molecule has 1 heterocycles. The summed E-state index contributed by atoms with van der Waals surface area (Å²) in [4.78, 5) is 11.8. The van der Waals surface area contributed by atoms with E-state index in [1.165, 1.54) is 18.3 Å². The summed E-state index contributed by atoms with van der Waals surface area (Å²) in [6.45, 7) is -0.175. The number of aromatic nitrogens is 1. The van der Waals surface area contributed by atoms with E-state index in [0.29, 0.717) is 5.76 Å². The molecule has 1 aromatic carbocycles. The molecule has 5 nitrogen and oxygen atoms in total. The van der Waals surface area contributed by atoms with E-state index in [1.54, 1.807) is 6.07 Å². The van der Waals surface area contributed by atoms with Crippen molar-refractivity contribution in [3.05, 3.63) is 53.2 Å². The van der Waals surface area contributed by atoms with Crippen molar-refractivity contribution in [1.29, 1.82) is 0 Å². The monoisotopic (exact) mass is 274 g/mol. The first kappa shape index (κ1) is 13.8. The number of hydrogen-bond acceptors (Lipinski definition) is 4. The van der Waals surface area contributed by atoms with Gasteiger partial charge in [-0.05, 0) is 18.2 Å². The lowest BCUT2D eigenvalue weighted by molar-refractivity contribution is 0.0946. The minimum Gasteiger partial charge on any atom is -0.384 e. The number of rotatable bonds is 3. The average molecular weight is 274 g/mol. The van der Waals surface area contributed by atoms with Gasteiger partial charge in [-0.1, -0.05) is 17.0 Å². The maximum absolute atomic E-state index is 13.7. The highest BCUT2D eigenvalue weighted by Gasteiger charge is 2.09. The van der Waals surface area contributed by atoms with Crippen LogP contribution in [-0.4, -0.2) is 22.8 Å². The normalized spacial score (nSPS) is 9.70. The predicted octanol–water partition coefficient (Wildman–Crippen LogP) is 1.09. The topological polar surface area (TPSA) is 75.4 Å². The summed E-state index contributed by atoms with van der Waals surface area (Å²) in [6, 6.07) is 5.56. The SMILES string of the molecule is O=C(NCc1ccno1)c1ccc(C#CCO)c(F)c1. The number of nitrogens with zero attached hydrogens (tertiary/aromatic N) is 1. The second-order valence-corrected chi connectivity index (χ2v) is 3.82. The first-order chi connectivity index (χ1) is 9.70. The van der Waals surface area contributed by atoms with Gasteiger partial charge in [0.1, 0.15) is 12.4 Å². The lowest BCUT2D eigenvalue weighted by atomic mass is 10.1. The van der Waals surface area contributed by atoms with Crippen molar-refractivity contribution in [2.24, 2.45) is 0 Å². The van der Waals surface area contributed by atoms with E-state index < -0.39 is 11.7 Å². The molecule has 6 heteroatoms. The Kier molecular flexibility index (Phi) is 4.47. The van der Waals surface area contributed by atoms with Crippen molar-refractivity contribution in [3.8, 4) is 11.8 Å². The van der Waals surface area contributed by atoms with Crippen LogP contribution >= 0.6 is 0 Å². The lowest BCUT2D eigenvalue weighted by Crippen LogP contribution is -2.22. The fraction of sp³-hybridized carbons (Fsp3) is 0.143. The third-order valence-electron chi connectivity index (χ3n) is 2.45. The van der Waals surface area contributed by atoms with Crippen molar-refractivity contribution in [3.63, 3.8) is 0 Å². The molecular weight excluding hydrogens is 263 g/mol. The molecule has 20 heavy (non-hydrogen) atoms. The highest BCUT2D eigenvalue weighted by Crippen LogP contribution is 2.10. The van der Waals surface area contributed by atoms with Crippen molar-refractivity contribution >= 4 is 5.91 Å². The average Bonchev–Trinajstić information content (AvgIpc) is 2.96. The van der Waals surface area contributed by atoms with Crippen LogP contribution in [0.1, 0.15) is 21.7 Å². The van der Waals surface area contributed by atoms with Gasteiger partial charge in [0.05, 0.1) is 18.3 Å². The molecule has 0 aliphatic heterocycles. The number of carbonyl (C=O) groups is 1. The van der Waals surface area contributed by atoms with Gasteiger partial charge in [-0.2, -0.15) is 0 Å². The zero-order valence-electron chi connectivity index (χ0n) is 10.4. The molecule has 2 rings (SSSR count). The van der Waals surface area contributed by atoms with E-state index in [2.05, 4.69) is 22.3 Å². The molecule has 0 spiro atoms. The van der Waals surface area contributed by atoms with Crippen molar-refractivity contribution in [2.45, 2.75) is 6.54 Å². The second-order valence-electron chi connectivity index (χ2n) is 3.82. The van der Waals surface area contributed by atoms with Crippen molar-refractivity contribution in [1.82, 2.24) is 10.5 Å². The molecule has 1 aromatic heterocycles. The Hall–Kier alpha value is -2.65. The Morgan fingerprint density at radius 3 is 2.95 bits per heavy atom. The van der Waals surface area contributed by atoms with Crippen molar-refractivity contribution in [2.75, 3.05) is 6.61 Å². The Labute approximate surface area is 114 Å². The third kappa shape index (κ3) is 3.43. The van der Waals surface area contributed by atoms with Gasteiger partial charge in [-0.25, -0.2) is 4.39 Å². The summed E-state index contributed by atoms with van der Waals surface area (Å²) in [6.07, 6.45) is 1.47. The number of benzene rings is 1. The number of hydrogen-bond donors (Lipinski definition) is 2. The van der Waals surface area contributed by atoms with E-state index in [1.807, 2.05) is 0 Å². The highest BCUT2D eigenvalue weighted by molar-refractivity contribution is 5.94. The summed E-state index contributed by atoms with van der Waals surface area (Å²) in [5.41, 5.74) is 0.308. The number of nitrogens with one attached hydrogen (secondary N) is 1. The Morgan fingerprint density at radius 2 is 2.30 bits per heavy atom. The zero-order valence-corrected chi connectivity index (χ0v) is 10.4. The Balaban J connectivity index is 2.05. The quantitative estimate of drug-likeness (QED) is 0.821. The maximum atomic E-state index is 13.7. The van der Waals surface area contributed by atoms with Crippen LogP contribution in [0.5, 0.6) is 0 Å². The predicted molar refractivity (Wildman–Crippen MR) is 68.0 cm³/mol. The highest BCUT2D eigenvalue weighted by atomic mass is 19.1. The molecule has 0 unspecified atom stereocenters. The van der Waals surface area contributed by atoms with Crippen LogP contribution in [0.15, 0.2) is 35.0 Å². The molecule has 0 bridgehead atoms. The van der Waals surface area contributed by atoms with Crippen LogP contribution in [0, 0.1) is 17.7 Å². The molecule has 2 aromatic rings. The van der Waals surface area contributed by atoms with Crippen LogP contribution < -0.4 is 5.32 Å². The van der Waals surface area contributed by atoms with E-state index >= 15 is 0 Å². The fourth-order valence-electron chi connectivity index (χ4n) is 1.50. The molecule has 0 aliphatic rings. The Morgan fingerprint density at radius 1 is 1.45 bits per heavy atom. The van der Waals surface area contributed by atoms with Gasteiger partial charge in [0, 0.05) is 11.6 Å². The Bertz CT molecular complexity index is 657. The van der Waals surface area contributed by atoms with E-state index in [9.17, 15) is 9.18 Å². The lowest BCUT2D eigenvalue weighted by Gasteiger charge is -2.04. The van der Waals surface area contributed by atoms with Gasteiger partial charge in [0.15, 0.2) is 5.76 Å². The van der Waals surface area contributed by atoms with Crippen LogP contribution in [0.3, 0.4) is 0 Å². The zero-order chi connectivity index (χ0) is 14.4. The number of aliphatic hydroxyl groups is 1. The molecular formula is C14H11FN2O3. The molecule has 0 aliphatic carbocycles. The number of aliphatic hydroxyl groups excluding tert-OH is 1. The molecule has 2 N–H and O–H groups in total. The molecule has 1 amide bonds. The smallest absolute Gasteiger partial charge is 0.251 e. The van der Waals surface area contributed by atoms with E-state index in [4.69, 9.17) is 9.63 Å². The molecule has 0 radical (unpaired) electrons. The maximum Gasteiger partial charge on any atom is 0.251 e. The molecule has 0 fully saturated rings. The molecule has 0 saturated carbocycles. The van der Waals surface area contributed by atoms with Gasteiger partial charge in [-0.15, -0.1) is 0 Å². The second kappa shape index (κ2) is 6.50. The minimum absolute atomic E-state index is 0.130. The summed E-state index contributed by atoms with van der Waals surface area (Å²) < 4.78 is 18.5. The largest absolute Gasteiger partial charge is 0.384 e. The van der Waals surface area contributed by atoms with E-state index in [-0.39, 0.29) is 24.3 Å². The van der Waals surface area contributed by atoms with Crippen LogP contribution in [-0.2, 0) is 6.54 Å². The number of carbonyl (C=O) groups excluding carboxylic acids is 1. The van der Waals surface area contributed by atoms with Gasteiger partial charge in [-0.3, -0.25) is 4.79 Å². The molecule has 102 valence electrons. The number of halogens is 1. The molecule has 0 saturated heterocycles. The van der Waals surface area contributed by atoms with Crippen molar-refractivity contribution < 1.29 is 18.8 Å². The summed E-state index contributed by atoms with van der Waals surface area (Å²) >= 11 is 0. The third-order valence-corrected chi connectivity index (χ3v) is 2.45. The van der Waals surface area contributed by atoms with Crippen LogP contribution in [0.25, 0.3) is 0 Å². The van der Waals surface area contributed by atoms with Gasteiger partial charge >= 0.3 is 0 Å². The summed E-state index contributed by atoms with van der Waals surface area (Å²) in [5.74, 6) is 4.26. The minimum atomic E-state index is -0.613. The van der Waals surface area contributed by atoms with Gasteiger partial charge in [0.25, 0.3) is 5.91 Å². The van der Waals surface area contributed by atoms with Crippen LogP contribution in [0.2, 0.25) is 0 Å². The fourth-order valence-corrected chi connectivity index (χ4v) is 1.50. The standard InChI is InChI=1S/C14H11FN2O3/c15-13-8-11(4-3-10(13)2-1-7-18)14(19)16-9-12-5-6-17-20-12/h3-6,8,18H,7,9H2,(H,16,19).